The van der Waals surface area contributed by atoms with E-state index in [1.54, 1.807) is 6.92 Å². The average Bonchev–Trinajstić information content (AvgIpc) is 3.21. The van der Waals surface area contributed by atoms with Crippen molar-refractivity contribution in [1.82, 2.24) is 5.32 Å². The first kappa shape index (κ1) is 16.3. The fourth-order valence-corrected chi connectivity index (χ4v) is 5.13. The first-order valence-electron chi connectivity index (χ1n) is 8.75. The van der Waals surface area contributed by atoms with Crippen molar-refractivity contribution in [3.63, 3.8) is 0 Å². The number of hydrogen-bond donors (Lipinski definition) is 1. The van der Waals surface area contributed by atoms with Gasteiger partial charge in [0, 0.05) is 11.0 Å². The molecule has 128 valence electrons. The van der Waals surface area contributed by atoms with Crippen molar-refractivity contribution >= 4 is 12.1 Å². The Morgan fingerprint density at radius 2 is 2.09 bits per heavy atom. The monoisotopic (exact) mass is 321 g/mol. The van der Waals surface area contributed by atoms with Crippen molar-refractivity contribution in [3.8, 4) is 0 Å². The molecule has 0 aromatic carbocycles. The molecule has 3 saturated carbocycles. The van der Waals surface area contributed by atoms with E-state index in [4.69, 9.17) is 9.47 Å². The average molecular weight is 321 g/mol. The van der Waals surface area contributed by atoms with Gasteiger partial charge in [0.15, 0.2) is 0 Å². The van der Waals surface area contributed by atoms with E-state index in [1.807, 2.05) is 0 Å². The summed E-state index contributed by atoms with van der Waals surface area (Å²) in [4.78, 5) is 23.1. The first-order valence-corrected chi connectivity index (χ1v) is 8.75. The summed E-state index contributed by atoms with van der Waals surface area (Å²) < 4.78 is 10.4. The van der Waals surface area contributed by atoms with Crippen molar-refractivity contribution < 1.29 is 19.1 Å². The SMILES string of the molecule is C=C(C)C(=O)OCCNC(=O)OCC12CCC(C1)C1CCCC12. The molecule has 4 unspecified atom stereocenters. The molecular formula is C18H27NO4. The molecule has 0 heterocycles. The number of ether oxygens (including phenoxy) is 2. The largest absolute Gasteiger partial charge is 0.460 e. The molecule has 0 radical (unpaired) electrons. The Morgan fingerprint density at radius 1 is 1.26 bits per heavy atom. The second-order valence-corrected chi connectivity index (χ2v) is 7.49. The van der Waals surface area contributed by atoms with Gasteiger partial charge in [0.1, 0.15) is 6.61 Å². The Kier molecular flexibility index (Phi) is 4.64. The van der Waals surface area contributed by atoms with Gasteiger partial charge in [-0.15, -0.1) is 0 Å². The molecule has 3 fully saturated rings. The van der Waals surface area contributed by atoms with Gasteiger partial charge in [-0.25, -0.2) is 9.59 Å². The minimum atomic E-state index is -0.436. The fraction of sp³-hybridized carbons (Fsp3) is 0.778. The Hall–Kier alpha value is -1.52. The van der Waals surface area contributed by atoms with E-state index < -0.39 is 12.1 Å². The molecule has 0 spiro atoms. The van der Waals surface area contributed by atoms with Crippen LogP contribution in [0.3, 0.4) is 0 Å². The molecule has 0 saturated heterocycles. The highest BCUT2D eigenvalue weighted by Crippen LogP contribution is 2.65. The minimum Gasteiger partial charge on any atom is -0.460 e. The van der Waals surface area contributed by atoms with Crippen LogP contribution in [-0.4, -0.2) is 31.8 Å². The third-order valence-corrected chi connectivity index (χ3v) is 6.09. The topological polar surface area (TPSA) is 64.6 Å². The molecule has 5 nitrogen and oxygen atoms in total. The summed E-state index contributed by atoms with van der Waals surface area (Å²) in [5.74, 6) is 2.09. The molecule has 2 bridgehead atoms. The van der Waals surface area contributed by atoms with Crippen LogP contribution in [0.15, 0.2) is 12.2 Å². The number of fused-ring (bicyclic) bond motifs is 5. The lowest BCUT2D eigenvalue weighted by atomic mass is 9.72. The van der Waals surface area contributed by atoms with E-state index in [2.05, 4.69) is 11.9 Å². The predicted octanol–water partition coefficient (Wildman–Crippen LogP) is 3.05. The zero-order valence-electron chi connectivity index (χ0n) is 13.9. The summed E-state index contributed by atoms with van der Waals surface area (Å²) >= 11 is 0. The zero-order chi connectivity index (χ0) is 16.4. The molecule has 0 aromatic heterocycles. The van der Waals surface area contributed by atoms with Crippen LogP contribution in [0.2, 0.25) is 0 Å². The molecule has 4 atom stereocenters. The number of alkyl carbamates (subject to hydrolysis) is 1. The van der Waals surface area contributed by atoms with Gasteiger partial charge in [0.25, 0.3) is 0 Å². The van der Waals surface area contributed by atoms with Gasteiger partial charge < -0.3 is 14.8 Å². The van der Waals surface area contributed by atoms with E-state index in [9.17, 15) is 9.59 Å². The van der Waals surface area contributed by atoms with E-state index in [1.165, 1.54) is 38.5 Å². The number of hydrogen-bond acceptors (Lipinski definition) is 4. The van der Waals surface area contributed by atoms with Crippen LogP contribution < -0.4 is 5.32 Å². The minimum absolute atomic E-state index is 0.138. The third-order valence-electron chi connectivity index (χ3n) is 6.09. The van der Waals surface area contributed by atoms with Gasteiger partial charge in [0.05, 0.1) is 13.2 Å². The maximum atomic E-state index is 11.9. The maximum absolute atomic E-state index is 11.9. The van der Waals surface area contributed by atoms with Gasteiger partial charge in [-0.2, -0.15) is 0 Å². The molecule has 3 rings (SSSR count). The lowest BCUT2D eigenvalue weighted by molar-refractivity contribution is -0.138. The molecule has 1 N–H and O–H groups in total. The molecule has 0 aromatic rings. The van der Waals surface area contributed by atoms with Gasteiger partial charge in [0.2, 0.25) is 0 Å². The van der Waals surface area contributed by atoms with Crippen LogP contribution in [-0.2, 0) is 14.3 Å². The smallest absolute Gasteiger partial charge is 0.407 e. The first-order chi connectivity index (χ1) is 11.0. The molecule has 23 heavy (non-hydrogen) atoms. The van der Waals surface area contributed by atoms with Gasteiger partial charge >= 0.3 is 12.1 Å². The van der Waals surface area contributed by atoms with Gasteiger partial charge in [-0.3, -0.25) is 0 Å². The molecule has 3 aliphatic carbocycles. The van der Waals surface area contributed by atoms with Gasteiger partial charge in [-0.1, -0.05) is 13.0 Å². The Balaban J connectivity index is 1.38. The lowest BCUT2D eigenvalue weighted by Crippen LogP contribution is -2.36. The van der Waals surface area contributed by atoms with Crippen molar-refractivity contribution in [2.45, 2.75) is 45.4 Å². The van der Waals surface area contributed by atoms with E-state index in [0.717, 1.165) is 17.8 Å². The number of nitrogens with one attached hydrogen (secondary N) is 1. The summed E-state index contributed by atoms with van der Waals surface area (Å²) in [5.41, 5.74) is 0.602. The number of carbonyl (C=O) groups excluding carboxylic acids is 2. The van der Waals surface area contributed by atoms with Crippen molar-refractivity contribution in [2.24, 2.45) is 23.2 Å². The summed E-state index contributed by atoms with van der Waals surface area (Å²) in [6.07, 6.45) is 7.38. The van der Waals surface area contributed by atoms with E-state index in [-0.39, 0.29) is 18.6 Å². The quantitative estimate of drug-likeness (QED) is 0.464. The standard InChI is InChI=1S/C18H27NO4/c1-12(2)16(20)22-9-8-19-17(21)23-11-18-7-6-13(10-18)14-4-3-5-15(14)18/h13-15H,1,3-11H2,2H3,(H,19,21). The molecule has 0 aliphatic heterocycles. The predicted molar refractivity (Wildman–Crippen MR) is 85.7 cm³/mol. The number of rotatable bonds is 6. The number of carbonyl (C=O) groups is 2. The number of amides is 1. The molecule has 5 heteroatoms. The normalized spacial score (nSPS) is 34.0. The van der Waals surface area contributed by atoms with Crippen LogP contribution in [0.25, 0.3) is 0 Å². The Morgan fingerprint density at radius 3 is 2.87 bits per heavy atom. The highest BCUT2D eigenvalue weighted by atomic mass is 16.6. The number of esters is 1. The summed E-state index contributed by atoms with van der Waals surface area (Å²) in [7, 11) is 0. The van der Waals surface area contributed by atoms with Crippen molar-refractivity contribution in [1.29, 1.82) is 0 Å². The highest BCUT2D eigenvalue weighted by molar-refractivity contribution is 5.86. The summed E-state index contributed by atoms with van der Waals surface area (Å²) in [5, 5.41) is 2.65. The molecule has 1 amide bonds. The lowest BCUT2D eigenvalue weighted by Gasteiger charge is -2.35. The van der Waals surface area contributed by atoms with Crippen LogP contribution >= 0.6 is 0 Å². The zero-order valence-corrected chi connectivity index (χ0v) is 13.9. The van der Waals surface area contributed by atoms with Crippen LogP contribution in [0.4, 0.5) is 4.79 Å². The third kappa shape index (κ3) is 3.24. The van der Waals surface area contributed by atoms with Crippen molar-refractivity contribution in [3.05, 3.63) is 12.2 Å². The Labute approximate surface area is 137 Å². The van der Waals surface area contributed by atoms with Crippen LogP contribution in [0.5, 0.6) is 0 Å². The maximum Gasteiger partial charge on any atom is 0.407 e. The van der Waals surface area contributed by atoms with Crippen LogP contribution in [0, 0.1) is 23.2 Å². The van der Waals surface area contributed by atoms with Crippen molar-refractivity contribution in [2.75, 3.05) is 19.8 Å². The highest BCUT2D eigenvalue weighted by Gasteiger charge is 2.59. The van der Waals surface area contributed by atoms with E-state index >= 15 is 0 Å². The second-order valence-electron chi connectivity index (χ2n) is 7.49. The second kappa shape index (κ2) is 6.54. The van der Waals surface area contributed by atoms with Gasteiger partial charge in [-0.05, 0) is 56.8 Å². The summed E-state index contributed by atoms with van der Waals surface area (Å²) in [6, 6.07) is 0. The summed E-state index contributed by atoms with van der Waals surface area (Å²) in [6.45, 7) is 6.04. The Bertz CT molecular complexity index is 503. The van der Waals surface area contributed by atoms with E-state index in [0.29, 0.717) is 12.2 Å². The van der Waals surface area contributed by atoms with Crippen LogP contribution in [0.1, 0.15) is 45.4 Å². The molecular weight excluding hydrogens is 294 g/mol. The fourth-order valence-electron chi connectivity index (χ4n) is 5.13. The molecule has 3 aliphatic rings.